The fourth-order valence-corrected chi connectivity index (χ4v) is 2.27. The van der Waals surface area contributed by atoms with Gasteiger partial charge in [-0.3, -0.25) is 0 Å². The standard InChI is InChI=1S/C13H16ClFO2/c14-10-1-6-13(15)9(7-10)8-17-12-4-2-11(16)3-5-12/h1,6-7,11-12,16H,2-5,8H2. The zero-order valence-electron chi connectivity index (χ0n) is 9.53. The smallest absolute Gasteiger partial charge is 0.128 e. The SMILES string of the molecule is OC1CCC(OCc2cc(Cl)ccc2F)CC1. The van der Waals surface area contributed by atoms with Crippen LogP contribution in [0.5, 0.6) is 0 Å². The lowest BCUT2D eigenvalue weighted by molar-refractivity contribution is -0.0127. The van der Waals surface area contributed by atoms with E-state index >= 15 is 0 Å². The second-order valence-corrected chi connectivity index (χ2v) is 4.91. The van der Waals surface area contributed by atoms with E-state index in [4.69, 9.17) is 16.3 Å². The molecule has 0 heterocycles. The molecule has 0 saturated heterocycles. The third kappa shape index (κ3) is 3.66. The van der Waals surface area contributed by atoms with Gasteiger partial charge in [0.15, 0.2) is 0 Å². The molecule has 1 fully saturated rings. The Morgan fingerprint density at radius 1 is 1.29 bits per heavy atom. The van der Waals surface area contributed by atoms with Crippen LogP contribution in [0.3, 0.4) is 0 Å². The van der Waals surface area contributed by atoms with Crippen LogP contribution in [0.15, 0.2) is 18.2 Å². The van der Waals surface area contributed by atoms with Gasteiger partial charge < -0.3 is 9.84 Å². The van der Waals surface area contributed by atoms with Crippen molar-refractivity contribution in [3.63, 3.8) is 0 Å². The Morgan fingerprint density at radius 2 is 2.00 bits per heavy atom. The van der Waals surface area contributed by atoms with Crippen molar-refractivity contribution < 1.29 is 14.2 Å². The fraction of sp³-hybridized carbons (Fsp3) is 0.538. The van der Waals surface area contributed by atoms with E-state index < -0.39 is 0 Å². The van der Waals surface area contributed by atoms with Gasteiger partial charge in [0.25, 0.3) is 0 Å². The molecule has 0 unspecified atom stereocenters. The van der Waals surface area contributed by atoms with Gasteiger partial charge in [-0.05, 0) is 43.9 Å². The van der Waals surface area contributed by atoms with Crippen LogP contribution in [0, 0.1) is 5.82 Å². The number of aliphatic hydroxyl groups excluding tert-OH is 1. The maximum Gasteiger partial charge on any atom is 0.128 e. The minimum Gasteiger partial charge on any atom is -0.393 e. The van der Waals surface area contributed by atoms with Crippen LogP contribution in [0.25, 0.3) is 0 Å². The van der Waals surface area contributed by atoms with Crippen molar-refractivity contribution in [2.45, 2.75) is 44.5 Å². The molecule has 0 atom stereocenters. The average Bonchev–Trinajstić information content (AvgIpc) is 2.32. The third-order valence-corrected chi connectivity index (χ3v) is 3.36. The molecule has 0 spiro atoms. The Balaban J connectivity index is 1.87. The van der Waals surface area contributed by atoms with Crippen LogP contribution in [-0.4, -0.2) is 17.3 Å². The number of rotatable bonds is 3. The molecule has 0 aromatic heterocycles. The van der Waals surface area contributed by atoms with E-state index in [9.17, 15) is 9.50 Å². The molecule has 1 aromatic rings. The van der Waals surface area contributed by atoms with Gasteiger partial charge in [0.2, 0.25) is 0 Å². The Labute approximate surface area is 105 Å². The number of halogens is 2. The largest absolute Gasteiger partial charge is 0.393 e. The summed E-state index contributed by atoms with van der Waals surface area (Å²) in [5.74, 6) is -0.287. The van der Waals surface area contributed by atoms with Gasteiger partial charge in [0.05, 0.1) is 18.8 Å². The van der Waals surface area contributed by atoms with Crippen LogP contribution in [-0.2, 0) is 11.3 Å². The van der Waals surface area contributed by atoms with Crippen LogP contribution in [0.4, 0.5) is 4.39 Å². The highest BCUT2D eigenvalue weighted by Gasteiger charge is 2.20. The van der Waals surface area contributed by atoms with Crippen molar-refractivity contribution in [1.82, 2.24) is 0 Å². The summed E-state index contributed by atoms with van der Waals surface area (Å²) >= 11 is 5.80. The maximum atomic E-state index is 13.4. The second-order valence-electron chi connectivity index (χ2n) is 4.48. The summed E-state index contributed by atoms with van der Waals surface area (Å²) in [6.07, 6.45) is 3.13. The minimum absolute atomic E-state index is 0.122. The van der Waals surface area contributed by atoms with Crippen molar-refractivity contribution >= 4 is 11.6 Å². The van der Waals surface area contributed by atoms with Crippen molar-refractivity contribution in [3.05, 3.63) is 34.6 Å². The summed E-state index contributed by atoms with van der Waals surface area (Å²) in [5.41, 5.74) is 0.489. The molecule has 1 aliphatic rings. The predicted molar refractivity (Wildman–Crippen MR) is 64.5 cm³/mol. The van der Waals surface area contributed by atoms with Crippen LogP contribution < -0.4 is 0 Å². The molecule has 0 radical (unpaired) electrons. The van der Waals surface area contributed by atoms with Crippen LogP contribution in [0.1, 0.15) is 31.2 Å². The Bertz CT molecular complexity index is 376. The van der Waals surface area contributed by atoms with Crippen molar-refractivity contribution in [2.24, 2.45) is 0 Å². The van der Waals surface area contributed by atoms with Crippen molar-refractivity contribution in [1.29, 1.82) is 0 Å². The van der Waals surface area contributed by atoms with E-state index in [1.165, 1.54) is 12.1 Å². The van der Waals surface area contributed by atoms with E-state index in [0.717, 1.165) is 25.7 Å². The molecule has 94 valence electrons. The quantitative estimate of drug-likeness (QED) is 0.901. The lowest BCUT2D eigenvalue weighted by atomic mass is 9.95. The van der Waals surface area contributed by atoms with E-state index in [1.807, 2.05) is 0 Å². The highest BCUT2D eigenvalue weighted by Crippen LogP contribution is 2.23. The first-order chi connectivity index (χ1) is 8.15. The Hall–Kier alpha value is -0.640. The molecular weight excluding hydrogens is 243 g/mol. The summed E-state index contributed by atoms with van der Waals surface area (Å²) in [5, 5.41) is 9.88. The highest BCUT2D eigenvalue weighted by molar-refractivity contribution is 6.30. The van der Waals surface area contributed by atoms with E-state index in [-0.39, 0.29) is 24.6 Å². The molecule has 17 heavy (non-hydrogen) atoms. The van der Waals surface area contributed by atoms with Gasteiger partial charge in [-0.1, -0.05) is 11.6 Å². The van der Waals surface area contributed by atoms with E-state index in [1.54, 1.807) is 6.07 Å². The lowest BCUT2D eigenvalue weighted by Crippen LogP contribution is -2.24. The van der Waals surface area contributed by atoms with Gasteiger partial charge >= 0.3 is 0 Å². The number of hydrogen-bond donors (Lipinski definition) is 1. The number of benzene rings is 1. The molecule has 1 aliphatic carbocycles. The average molecular weight is 259 g/mol. The fourth-order valence-electron chi connectivity index (χ4n) is 2.07. The Kier molecular flexibility index (Phi) is 4.37. The first-order valence-corrected chi connectivity index (χ1v) is 6.26. The predicted octanol–water partition coefficient (Wildman–Crippen LogP) is 3.30. The van der Waals surface area contributed by atoms with Gasteiger partial charge in [0.1, 0.15) is 5.82 Å². The number of aliphatic hydroxyl groups is 1. The van der Waals surface area contributed by atoms with Crippen molar-refractivity contribution in [3.8, 4) is 0 Å². The monoisotopic (exact) mass is 258 g/mol. The highest BCUT2D eigenvalue weighted by atomic mass is 35.5. The molecular formula is C13H16ClFO2. The third-order valence-electron chi connectivity index (χ3n) is 3.13. The maximum absolute atomic E-state index is 13.4. The first kappa shape index (κ1) is 12.8. The summed E-state index contributed by atoms with van der Waals surface area (Å²) in [4.78, 5) is 0. The molecule has 1 saturated carbocycles. The molecule has 4 heteroatoms. The second kappa shape index (κ2) is 5.80. The summed E-state index contributed by atoms with van der Waals surface area (Å²) in [6.45, 7) is 0.243. The summed E-state index contributed by atoms with van der Waals surface area (Å²) in [7, 11) is 0. The molecule has 0 bridgehead atoms. The van der Waals surface area contributed by atoms with Gasteiger partial charge in [-0.25, -0.2) is 4.39 Å². The molecule has 2 rings (SSSR count). The van der Waals surface area contributed by atoms with Gasteiger partial charge in [-0.15, -0.1) is 0 Å². The summed E-state index contributed by atoms with van der Waals surface area (Å²) < 4.78 is 19.1. The zero-order valence-corrected chi connectivity index (χ0v) is 10.3. The zero-order chi connectivity index (χ0) is 12.3. The summed E-state index contributed by atoms with van der Waals surface area (Å²) in [6, 6.07) is 4.47. The van der Waals surface area contributed by atoms with Gasteiger partial charge in [0, 0.05) is 10.6 Å². The van der Waals surface area contributed by atoms with Crippen LogP contribution >= 0.6 is 11.6 Å². The molecule has 1 aromatic carbocycles. The number of hydrogen-bond acceptors (Lipinski definition) is 2. The van der Waals surface area contributed by atoms with Crippen LogP contribution in [0.2, 0.25) is 5.02 Å². The van der Waals surface area contributed by atoms with E-state index in [2.05, 4.69) is 0 Å². The molecule has 0 aliphatic heterocycles. The number of ether oxygens (including phenoxy) is 1. The van der Waals surface area contributed by atoms with E-state index in [0.29, 0.717) is 10.6 Å². The Morgan fingerprint density at radius 3 is 2.71 bits per heavy atom. The normalized spacial score (nSPS) is 24.9. The first-order valence-electron chi connectivity index (χ1n) is 5.89. The molecule has 1 N–H and O–H groups in total. The van der Waals surface area contributed by atoms with Gasteiger partial charge in [-0.2, -0.15) is 0 Å². The molecule has 0 amide bonds. The minimum atomic E-state index is -0.287. The lowest BCUT2D eigenvalue weighted by Gasteiger charge is -2.25. The van der Waals surface area contributed by atoms with Crippen molar-refractivity contribution in [2.75, 3.05) is 0 Å². The topological polar surface area (TPSA) is 29.5 Å². The molecule has 2 nitrogen and oxygen atoms in total.